The van der Waals surface area contributed by atoms with E-state index in [4.69, 9.17) is 5.73 Å². The van der Waals surface area contributed by atoms with E-state index in [1.54, 1.807) is 23.5 Å². The first-order valence-corrected chi connectivity index (χ1v) is 7.07. The summed E-state index contributed by atoms with van der Waals surface area (Å²) in [7, 11) is 1.96. The van der Waals surface area contributed by atoms with E-state index in [1.807, 2.05) is 30.4 Å². The van der Waals surface area contributed by atoms with Crippen LogP contribution in [0, 0.1) is 12.7 Å². The molecular weight excluding hydrogens is 261 g/mol. The molecule has 0 bridgehead atoms. The van der Waals surface area contributed by atoms with Crippen LogP contribution in [-0.2, 0) is 13.0 Å². The molecule has 19 heavy (non-hydrogen) atoms. The van der Waals surface area contributed by atoms with Gasteiger partial charge in [0.1, 0.15) is 5.82 Å². The largest absolute Gasteiger partial charge is 0.369 e. The maximum Gasteiger partial charge on any atom is 0.125 e. The van der Waals surface area contributed by atoms with Crippen LogP contribution in [0.4, 0.5) is 10.1 Å². The summed E-state index contributed by atoms with van der Waals surface area (Å²) in [5, 5.41) is 0. The van der Waals surface area contributed by atoms with Crippen molar-refractivity contribution in [2.45, 2.75) is 19.9 Å². The monoisotopic (exact) mass is 279 g/mol. The standard InChI is InChI=1S/C14H18FN3S/c1-10-14(19-9-17-10)8-18(2)13-6-11(3-4-16)5-12(15)7-13/h5-7,9H,3-4,8,16H2,1-2H3. The minimum absolute atomic E-state index is 0.214. The van der Waals surface area contributed by atoms with Gasteiger partial charge in [0.05, 0.1) is 17.7 Å². The van der Waals surface area contributed by atoms with Crippen LogP contribution >= 0.6 is 11.3 Å². The van der Waals surface area contributed by atoms with Gasteiger partial charge >= 0.3 is 0 Å². The summed E-state index contributed by atoms with van der Waals surface area (Å²) in [6.45, 7) is 3.26. The number of thiazole rings is 1. The van der Waals surface area contributed by atoms with Crippen molar-refractivity contribution in [1.82, 2.24) is 4.98 Å². The van der Waals surface area contributed by atoms with Crippen molar-refractivity contribution < 1.29 is 4.39 Å². The third-order valence-electron chi connectivity index (χ3n) is 3.04. The fourth-order valence-electron chi connectivity index (χ4n) is 1.95. The summed E-state index contributed by atoms with van der Waals surface area (Å²) < 4.78 is 13.6. The average Bonchev–Trinajstić information content (AvgIpc) is 2.75. The minimum atomic E-state index is -0.214. The van der Waals surface area contributed by atoms with E-state index in [1.165, 1.54) is 4.88 Å². The van der Waals surface area contributed by atoms with Crippen molar-refractivity contribution in [2.75, 3.05) is 18.5 Å². The second-order valence-electron chi connectivity index (χ2n) is 4.57. The average molecular weight is 279 g/mol. The molecule has 5 heteroatoms. The summed E-state index contributed by atoms with van der Waals surface area (Å²) in [6.07, 6.45) is 0.693. The predicted octanol–water partition coefficient (Wildman–Crippen LogP) is 2.73. The van der Waals surface area contributed by atoms with Gasteiger partial charge in [-0.05, 0) is 43.7 Å². The summed E-state index contributed by atoms with van der Waals surface area (Å²) >= 11 is 1.62. The van der Waals surface area contributed by atoms with Crippen LogP contribution in [0.2, 0.25) is 0 Å². The Balaban J connectivity index is 2.18. The molecular formula is C14H18FN3S. The maximum absolute atomic E-state index is 13.6. The van der Waals surface area contributed by atoms with E-state index in [2.05, 4.69) is 4.98 Å². The first kappa shape index (κ1) is 14.0. The number of hydrogen-bond acceptors (Lipinski definition) is 4. The van der Waals surface area contributed by atoms with Crippen LogP contribution in [0.1, 0.15) is 16.1 Å². The van der Waals surface area contributed by atoms with Crippen LogP contribution in [0.25, 0.3) is 0 Å². The number of nitrogens with two attached hydrogens (primary N) is 1. The maximum atomic E-state index is 13.6. The van der Waals surface area contributed by atoms with Crippen molar-refractivity contribution in [2.24, 2.45) is 5.73 Å². The molecule has 0 saturated heterocycles. The van der Waals surface area contributed by atoms with Gasteiger partial charge in [0.25, 0.3) is 0 Å². The van der Waals surface area contributed by atoms with Crippen LogP contribution in [0.3, 0.4) is 0 Å². The molecule has 0 aliphatic rings. The fraction of sp³-hybridized carbons (Fsp3) is 0.357. The molecule has 0 atom stereocenters. The van der Waals surface area contributed by atoms with E-state index in [-0.39, 0.29) is 5.82 Å². The molecule has 1 aromatic carbocycles. The van der Waals surface area contributed by atoms with Crippen molar-refractivity contribution in [3.05, 3.63) is 45.7 Å². The lowest BCUT2D eigenvalue weighted by Gasteiger charge is -2.19. The van der Waals surface area contributed by atoms with Gasteiger partial charge in [-0.2, -0.15) is 0 Å². The lowest BCUT2D eigenvalue weighted by molar-refractivity contribution is 0.624. The topological polar surface area (TPSA) is 42.2 Å². The Morgan fingerprint density at radius 1 is 1.37 bits per heavy atom. The number of benzene rings is 1. The lowest BCUT2D eigenvalue weighted by Crippen LogP contribution is -2.17. The molecule has 0 radical (unpaired) electrons. The van der Waals surface area contributed by atoms with E-state index in [9.17, 15) is 4.39 Å². The second-order valence-corrected chi connectivity index (χ2v) is 5.51. The van der Waals surface area contributed by atoms with Gasteiger partial charge in [0.15, 0.2) is 0 Å². The molecule has 3 nitrogen and oxygen atoms in total. The molecule has 102 valence electrons. The molecule has 2 N–H and O–H groups in total. The quantitative estimate of drug-likeness (QED) is 0.915. The van der Waals surface area contributed by atoms with Crippen LogP contribution in [0.15, 0.2) is 23.7 Å². The smallest absolute Gasteiger partial charge is 0.125 e. The Morgan fingerprint density at radius 3 is 2.79 bits per heavy atom. The van der Waals surface area contributed by atoms with Gasteiger partial charge in [-0.3, -0.25) is 0 Å². The third kappa shape index (κ3) is 3.52. The van der Waals surface area contributed by atoms with E-state index in [0.29, 0.717) is 13.0 Å². The number of nitrogens with zero attached hydrogens (tertiary/aromatic N) is 2. The number of aromatic nitrogens is 1. The zero-order valence-electron chi connectivity index (χ0n) is 11.2. The summed E-state index contributed by atoms with van der Waals surface area (Å²) in [5.74, 6) is -0.214. The number of anilines is 1. The second kappa shape index (κ2) is 6.12. The third-order valence-corrected chi connectivity index (χ3v) is 3.96. The normalized spacial score (nSPS) is 10.7. The SMILES string of the molecule is Cc1ncsc1CN(C)c1cc(F)cc(CCN)c1. The van der Waals surface area contributed by atoms with Crippen molar-refractivity contribution in [3.8, 4) is 0 Å². The number of halogens is 1. The number of hydrogen-bond donors (Lipinski definition) is 1. The highest BCUT2D eigenvalue weighted by atomic mass is 32.1. The molecule has 0 fully saturated rings. The van der Waals surface area contributed by atoms with Gasteiger partial charge < -0.3 is 10.6 Å². The molecule has 0 aliphatic carbocycles. The van der Waals surface area contributed by atoms with E-state index in [0.717, 1.165) is 23.5 Å². The molecule has 1 heterocycles. The van der Waals surface area contributed by atoms with Gasteiger partial charge in [-0.25, -0.2) is 9.37 Å². The Morgan fingerprint density at radius 2 is 2.16 bits per heavy atom. The lowest BCUT2D eigenvalue weighted by atomic mass is 10.1. The fourth-order valence-corrected chi connectivity index (χ4v) is 2.78. The van der Waals surface area contributed by atoms with E-state index < -0.39 is 0 Å². The Hall–Kier alpha value is -1.46. The first-order chi connectivity index (χ1) is 9.10. The molecule has 0 unspecified atom stereocenters. The van der Waals surface area contributed by atoms with E-state index >= 15 is 0 Å². The Bertz CT molecular complexity index is 553. The highest BCUT2D eigenvalue weighted by Gasteiger charge is 2.09. The van der Waals surface area contributed by atoms with Crippen LogP contribution in [0.5, 0.6) is 0 Å². The van der Waals surface area contributed by atoms with Crippen LogP contribution < -0.4 is 10.6 Å². The molecule has 0 spiro atoms. The van der Waals surface area contributed by atoms with Crippen molar-refractivity contribution in [3.63, 3.8) is 0 Å². The zero-order chi connectivity index (χ0) is 13.8. The van der Waals surface area contributed by atoms with Crippen molar-refractivity contribution >= 4 is 17.0 Å². The molecule has 2 rings (SSSR count). The number of rotatable bonds is 5. The van der Waals surface area contributed by atoms with Gasteiger partial charge in [-0.15, -0.1) is 11.3 Å². The summed E-state index contributed by atoms with van der Waals surface area (Å²) in [6, 6.07) is 5.09. The Labute approximate surface area is 116 Å². The molecule has 2 aromatic rings. The first-order valence-electron chi connectivity index (χ1n) is 6.20. The van der Waals surface area contributed by atoms with Crippen molar-refractivity contribution in [1.29, 1.82) is 0 Å². The molecule has 0 amide bonds. The molecule has 1 aromatic heterocycles. The van der Waals surface area contributed by atoms with Gasteiger partial charge in [0.2, 0.25) is 0 Å². The molecule has 0 aliphatic heterocycles. The highest BCUT2D eigenvalue weighted by Crippen LogP contribution is 2.22. The Kier molecular flexibility index (Phi) is 4.50. The van der Waals surface area contributed by atoms with Crippen LogP contribution in [-0.4, -0.2) is 18.6 Å². The minimum Gasteiger partial charge on any atom is -0.369 e. The van der Waals surface area contributed by atoms with Gasteiger partial charge in [0, 0.05) is 17.6 Å². The summed E-state index contributed by atoms with van der Waals surface area (Å²) in [4.78, 5) is 7.46. The zero-order valence-corrected chi connectivity index (χ0v) is 12.0. The highest BCUT2D eigenvalue weighted by molar-refractivity contribution is 7.09. The summed E-state index contributed by atoms with van der Waals surface area (Å²) in [5.41, 5.74) is 10.2. The molecule has 0 saturated carbocycles. The predicted molar refractivity (Wildman–Crippen MR) is 78.1 cm³/mol. The van der Waals surface area contributed by atoms with Gasteiger partial charge in [-0.1, -0.05) is 0 Å². The number of aryl methyl sites for hydroxylation is 1.